The molecule has 3 nitrogen and oxygen atoms in total. The fourth-order valence-corrected chi connectivity index (χ4v) is 6.73. The Hall–Kier alpha value is -6.45. The van der Waals surface area contributed by atoms with E-state index in [1.165, 1.54) is 38.1 Å². The third-order valence-electron chi connectivity index (χ3n) is 9.12. The first-order chi connectivity index (χ1) is 23.8. The van der Waals surface area contributed by atoms with E-state index in [0.29, 0.717) is 17.5 Å². The van der Waals surface area contributed by atoms with Crippen molar-refractivity contribution in [3.8, 4) is 56.4 Å². The predicted molar refractivity (Wildman–Crippen MR) is 200 cm³/mol. The molecule has 8 aromatic carbocycles. The monoisotopic (exact) mass is 611 g/mol. The minimum atomic E-state index is 0.648. The summed E-state index contributed by atoms with van der Waals surface area (Å²) in [6.45, 7) is 0. The highest BCUT2D eigenvalue weighted by molar-refractivity contribution is 6.19. The smallest absolute Gasteiger partial charge is 0.164 e. The molecule has 3 heteroatoms. The number of rotatable bonds is 5. The van der Waals surface area contributed by atoms with Crippen LogP contribution in [0.1, 0.15) is 0 Å². The van der Waals surface area contributed by atoms with Gasteiger partial charge in [0.25, 0.3) is 0 Å². The number of fused-ring (bicyclic) bond motifs is 5. The van der Waals surface area contributed by atoms with E-state index >= 15 is 0 Å². The maximum atomic E-state index is 5.13. The highest BCUT2D eigenvalue weighted by atomic mass is 15.0. The number of benzene rings is 8. The summed E-state index contributed by atoms with van der Waals surface area (Å²) in [5.41, 5.74) is 7.60. The third kappa shape index (κ3) is 4.99. The summed E-state index contributed by atoms with van der Waals surface area (Å²) in [6.07, 6.45) is 0. The van der Waals surface area contributed by atoms with Crippen molar-refractivity contribution in [1.82, 2.24) is 15.0 Å². The van der Waals surface area contributed by atoms with Crippen LogP contribution in [-0.4, -0.2) is 15.0 Å². The first-order valence-corrected chi connectivity index (χ1v) is 16.2. The van der Waals surface area contributed by atoms with Crippen molar-refractivity contribution < 1.29 is 0 Å². The van der Waals surface area contributed by atoms with Gasteiger partial charge in [-0.05, 0) is 66.7 Å². The summed E-state index contributed by atoms with van der Waals surface area (Å²) in [6, 6.07) is 61.7. The van der Waals surface area contributed by atoms with Gasteiger partial charge in [0.2, 0.25) is 0 Å². The van der Waals surface area contributed by atoms with Crippen molar-refractivity contribution in [3.05, 3.63) is 176 Å². The highest BCUT2D eigenvalue weighted by Crippen LogP contribution is 2.37. The molecule has 0 aliphatic carbocycles. The fourth-order valence-electron chi connectivity index (χ4n) is 6.73. The minimum Gasteiger partial charge on any atom is -0.208 e. The van der Waals surface area contributed by atoms with Gasteiger partial charge in [0.1, 0.15) is 0 Å². The van der Waals surface area contributed by atoms with E-state index in [0.717, 1.165) is 33.2 Å². The van der Waals surface area contributed by atoms with Crippen molar-refractivity contribution in [2.45, 2.75) is 0 Å². The summed E-state index contributed by atoms with van der Waals surface area (Å²) in [7, 11) is 0. The predicted octanol–water partition coefficient (Wildman–Crippen LogP) is 11.7. The van der Waals surface area contributed by atoms with Crippen molar-refractivity contribution in [1.29, 1.82) is 0 Å². The SMILES string of the molecule is c1ccc(-c2cccc(-c3nc(-c4ccccc4)nc(-c4cccc5c4ccc4c6ccc(-c7ccccc7)cc6ccc54)n3)c2)cc1. The lowest BCUT2D eigenvalue weighted by Crippen LogP contribution is -2.00. The van der Waals surface area contributed by atoms with Gasteiger partial charge in [-0.1, -0.05) is 164 Å². The van der Waals surface area contributed by atoms with Crippen LogP contribution >= 0.6 is 0 Å². The average Bonchev–Trinajstić information content (AvgIpc) is 3.18. The van der Waals surface area contributed by atoms with E-state index in [4.69, 9.17) is 15.0 Å². The quantitative estimate of drug-likeness (QED) is 0.182. The van der Waals surface area contributed by atoms with Crippen molar-refractivity contribution >= 4 is 32.3 Å². The van der Waals surface area contributed by atoms with Gasteiger partial charge < -0.3 is 0 Å². The van der Waals surface area contributed by atoms with Crippen LogP contribution in [0, 0.1) is 0 Å². The molecule has 0 bridgehead atoms. The second kappa shape index (κ2) is 11.7. The largest absolute Gasteiger partial charge is 0.208 e. The molecular formula is C45H29N3. The van der Waals surface area contributed by atoms with Gasteiger partial charge in [-0.15, -0.1) is 0 Å². The molecule has 0 atom stereocenters. The molecule has 0 N–H and O–H groups in total. The van der Waals surface area contributed by atoms with Crippen molar-refractivity contribution in [2.75, 3.05) is 0 Å². The van der Waals surface area contributed by atoms with Crippen LogP contribution in [0.5, 0.6) is 0 Å². The van der Waals surface area contributed by atoms with E-state index in [1.54, 1.807) is 0 Å². The molecule has 0 amide bonds. The van der Waals surface area contributed by atoms with Gasteiger partial charge in [-0.2, -0.15) is 0 Å². The Morgan fingerprint density at radius 2 is 0.729 bits per heavy atom. The molecule has 0 aliphatic heterocycles. The zero-order valence-electron chi connectivity index (χ0n) is 26.1. The number of nitrogens with zero attached hydrogens (tertiary/aromatic N) is 3. The zero-order chi connectivity index (χ0) is 31.9. The molecule has 224 valence electrons. The Labute approximate surface area is 278 Å². The minimum absolute atomic E-state index is 0.648. The van der Waals surface area contributed by atoms with Gasteiger partial charge in [-0.25, -0.2) is 15.0 Å². The molecule has 0 fully saturated rings. The Morgan fingerprint density at radius 3 is 1.46 bits per heavy atom. The van der Waals surface area contributed by atoms with Gasteiger partial charge in [0.05, 0.1) is 0 Å². The summed E-state index contributed by atoms with van der Waals surface area (Å²) in [5.74, 6) is 1.95. The molecule has 0 radical (unpaired) electrons. The van der Waals surface area contributed by atoms with Crippen LogP contribution in [0.2, 0.25) is 0 Å². The van der Waals surface area contributed by atoms with Crippen LogP contribution in [0.4, 0.5) is 0 Å². The Kier molecular flexibility index (Phi) is 6.80. The van der Waals surface area contributed by atoms with Gasteiger partial charge in [0, 0.05) is 16.7 Å². The van der Waals surface area contributed by atoms with Crippen molar-refractivity contribution in [3.63, 3.8) is 0 Å². The maximum Gasteiger partial charge on any atom is 0.164 e. The van der Waals surface area contributed by atoms with Gasteiger partial charge >= 0.3 is 0 Å². The van der Waals surface area contributed by atoms with Gasteiger partial charge in [-0.3, -0.25) is 0 Å². The van der Waals surface area contributed by atoms with E-state index in [2.05, 4.69) is 140 Å². The van der Waals surface area contributed by atoms with Crippen LogP contribution in [0.3, 0.4) is 0 Å². The second-order valence-electron chi connectivity index (χ2n) is 12.0. The van der Waals surface area contributed by atoms with Crippen LogP contribution in [-0.2, 0) is 0 Å². The normalized spacial score (nSPS) is 11.3. The van der Waals surface area contributed by atoms with Crippen LogP contribution in [0.25, 0.3) is 88.7 Å². The molecule has 9 rings (SSSR count). The maximum absolute atomic E-state index is 5.13. The van der Waals surface area contributed by atoms with E-state index in [9.17, 15) is 0 Å². The lowest BCUT2D eigenvalue weighted by molar-refractivity contribution is 1.08. The number of hydrogen-bond acceptors (Lipinski definition) is 3. The Morgan fingerprint density at radius 1 is 0.250 bits per heavy atom. The molecule has 1 heterocycles. The molecule has 0 saturated heterocycles. The lowest BCUT2D eigenvalue weighted by atomic mass is 9.93. The summed E-state index contributed by atoms with van der Waals surface area (Å²) < 4.78 is 0. The first kappa shape index (κ1) is 27.8. The highest BCUT2D eigenvalue weighted by Gasteiger charge is 2.16. The zero-order valence-corrected chi connectivity index (χ0v) is 26.1. The summed E-state index contributed by atoms with van der Waals surface area (Å²) >= 11 is 0. The molecular weight excluding hydrogens is 583 g/mol. The Balaban J connectivity index is 1.21. The Bertz CT molecular complexity index is 2600. The third-order valence-corrected chi connectivity index (χ3v) is 9.12. The lowest BCUT2D eigenvalue weighted by Gasteiger charge is -2.13. The number of aromatic nitrogens is 3. The molecule has 1 aromatic heterocycles. The second-order valence-corrected chi connectivity index (χ2v) is 12.0. The van der Waals surface area contributed by atoms with Crippen LogP contribution < -0.4 is 0 Å². The standard InChI is InChI=1S/C45H29N3/c1-4-12-30(13-5-1)33-18-10-19-36(29-33)44-46-43(32-16-8-3-9-17-32)47-45(48-44)42-21-11-20-38-40-25-23-35-28-34(31-14-6-2-7-15-31)22-24-37(35)39(40)26-27-41(38)42/h1-29H. The topological polar surface area (TPSA) is 38.7 Å². The fraction of sp³-hybridized carbons (Fsp3) is 0. The molecule has 0 spiro atoms. The van der Waals surface area contributed by atoms with E-state index in [-0.39, 0.29) is 0 Å². The summed E-state index contributed by atoms with van der Waals surface area (Å²) in [4.78, 5) is 15.2. The van der Waals surface area contributed by atoms with Crippen molar-refractivity contribution in [2.24, 2.45) is 0 Å². The molecule has 0 saturated carbocycles. The first-order valence-electron chi connectivity index (χ1n) is 16.2. The molecule has 0 aliphatic rings. The molecule has 48 heavy (non-hydrogen) atoms. The number of hydrogen-bond donors (Lipinski definition) is 0. The molecule has 0 unspecified atom stereocenters. The van der Waals surface area contributed by atoms with Crippen LogP contribution in [0.15, 0.2) is 176 Å². The van der Waals surface area contributed by atoms with Gasteiger partial charge in [0.15, 0.2) is 17.5 Å². The van der Waals surface area contributed by atoms with E-state index in [1.807, 2.05) is 36.4 Å². The molecule has 9 aromatic rings. The average molecular weight is 612 g/mol. The van der Waals surface area contributed by atoms with E-state index < -0.39 is 0 Å². The summed E-state index contributed by atoms with van der Waals surface area (Å²) in [5, 5.41) is 7.20.